The quantitative estimate of drug-likeness (QED) is 0.676. The lowest BCUT2D eigenvalue weighted by Crippen LogP contribution is -1.99. The van der Waals surface area contributed by atoms with Crippen molar-refractivity contribution in [3.63, 3.8) is 0 Å². The molecular weight excluding hydrogens is 164 g/mol. The Balaban J connectivity index is 0. The molecule has 0 fully saturated rings. The van der Waals surface area contributed by atoms with Gasteiger partial charge in [0.1, 0.15) is 11.6 Å². The van der Waals surface area contributed by atoms with Gasteiger partial charge in [0.05, 0.1) is 0 Å². The Bertz CT molecular complexity index is 148. The zero-order valence-corrected chi connectivity index (χ0v) is 9.52. The molecule has 2 heteroatoms. The summed E-state index contributed by atoms with van der Waals surface area (Å²) in [4.78, 5) is 20.4. The number of ketones is 2. The molecule has 0 saturated carbocycles. The number of hydrogen-bond donors (Lipinski definition) is 0. The molecule has 0 heterocycles. The maximum absolute atomic E-state index is 10.6. The van der Waals surface area contributed by atoms with Crippen LogP contribution < -0.4 is 0 Å². The van der Waals surface area contributed by atoms with E-state index >= 15 is 0 Å². The Hall–Kier alpha value is -0.660. The summed E-state index contributed by atoms with van der Waals surface area (Å²) in [5.41, 5.74) is 0. The molecule has 0 atom stereocenters. The van der Waals surface area contributed by atoms with Crippen molar-refractivity contribution in [2.45, 2.75) is 53.9 Å². The lowest BCUT2D eigenvalue weighted by Gasteiger charge is -1.98. The zero-order chi connectivity index (χ0) is 10.9. The number of carbonyl (C=O) groups excluding carboxylic acids is 2. The van der Waals surface area contributed by atoms with Gasteiger partial charge in [-0.1, -0.05) is 27.7 Å². The molecule has 0 aromatic carbocycles. The van der Waals surface area contributed by atoms with Crippen molar-refractivity contribution in [1.82, 2.24) is 0 Å². The predicted molar refractivity (Wildman–Crippen MR) is 55.7 cm³/mol. The van der Waals surface area contributed by atoms with Gasteiger partial charge < -0.3 is 4.79 Å². The first-order valence-electron chi connectivity index (χ1n) is 4.95. The minimum absolute atomic E-state index is 0.255. The molecule has 0 aromatic rings. The fraction of sp³-hybridized carbons (Fsp3) is 0.818. The smallest absolute Gasteiger partial charge is 0.132 e. The molecule has 0 aliphatic heterocycles. The lowest BCUT2D eigenvalue weighted by molar-refractivity contribution is -0.119. The summed E-state index contributed by atoms with van der Waals surface area (Å²) in [6.07, 6.45) is 2.11. The molecule has 0 bridgehead atoms. The molecule has 0 aliphatic carbocycles. The molecule has 2 nitrogen and oxygen atoms in total. The van der Waals surface area contributed by atoms with Crippen molar-refractivity contribution in [1.29, 1.82) is 0 Å². The highest BCUT2D eigenvalue weighted by atomic mass is 16.1. The van der Waals surface area contributed by atoms with E-state index in [2.05, 4.69) is 13.8 Å². The van der Waals surface area contributed by atoms with Gasteiger partial charge in [-0.2, -0.15) is 0 Å². The van der Waals surface area contributed by atoms with Gasteiger partial charge in [-0.25, -0.2) is 0 Å². The Morgan fingerprint density at radius 1 is 1.08 bits per heavy atom. The van der Waals surface area contributed by atoms with Crippen molar-refractivity contribution in [3.8, 4) is 0 Å². The van der Waals surface area contributed by atoms with E-state index in [1.807, 2.05) is 13.8 Å². The predicted octanol–water partition coefficient (Wildman–Crippen LogP) is 3.00. The first-order chi connectivity index (χ1) is 5.93. The summed E-state index contributed by atoms with van der Waals surface area (Å²) in [5.74, 6) is 1.16. The van der Waals surface area contributed by atoms with Crippen molar-refractivity contribution >= 4 is 11.6 Å². The van der Waals surface area contributed by atoms with Crippen LogP contribution >= 0.6 is 0 Å². The second kappa shape index (κ2) is 9.43. The van der Waals surface area contributed by atoms with Crippen LogP contribution in [-0.2, 0) is 9.59 Å². The summed E-state index contributed by atoms with van der Waals surface area (Å²) in [6, 6.07) is 0. The van der Waals surface area contributed by atoms with E-state index in [1.165, 1.54) is 0 Å². The van der Waals surface area contributed by atoms with Gasteiger partial charge in [0.2, 0.25) is 0 Å². The van der Waals surface area contributed by atoms with Crippen LogP contribution in [0.25, 0.3) is 0 Å². The Kier molecular flexibility index (Phi) is 10.8. The maximum atomic E-state index is 10.6. The zero-order valence-electron chi connectivity index (χ0n) is 9.52. The molecule has 0 N–H and O–H groups in total. The van der Waals surface area contributed by atoms with E-state index in [-0.39, 0.29) is 5.78 Å². The van der Waals surface area contributed by atoms with E-state index < -0.39 is 0 Å². The van der Waals surface area contributed by atoms with Gasteiger partial charge in [-0.3, -0.25) is 4.79 Å². The SMILES string of the molecule is CCC(=O)CC(C)C.CCC(C)=O. The van der Waals surface area contributed by atoms with Crippen LogP contribution in [0.1, 0.15) is 53.9 Å². The molecule has 0 aliphatic rings. The third-order valence-corrected chi connectivity index (χ3v) is 1.53. The molecule has 0 saturated heterocycles. The second-order valence-electron chi connectivity index (χ2n) is 3.55. The van der Waals surface area contributed by atoms with E-state index in [1.54, 1.807) is 6.92 Å². The van der Waals surface area contributed by atoms with Crippen LogP contribution in [-0.4, -0.2) is 11.6 Å². The van der Waals surface area contributed by atoms with Crippen molar-refractivity contribution in [2.75, 3.05) is 0 Å². The van der Waals surface area contributed by atoms with Crippen molar-refractivity contribution < 1.29 is 9.59 Å². The minimum atomic E-state index is 0.255. The van der Waals surface area contributed by atoms with Gasteiger partial charge >= 0.3 is 0 Å². The average molecular weight is 186 g/mol. The van der Waals surface area contributed by atoms with Crippen molar-refractivity contribution in [2.24, 2.45) is 5.92 Å². The highest BCUT2D eigenvalue weighted by Gasteiger charge is 1.99. The van der Waals surface area contributed by atoms with Gasteiger partial charge in [0, 0.05) is 19.3 Å². The average Bonchev–Trinajstić information content (AvgIpc) is 2.04. The van der Waals surface area contributed by atoms with Crippen LogP contribution in [0, 0.1) is 5.92 Å². The topological polar surface area (TPSA) is 34.1 Å². The number of carbonyl (C=O) groups is 2. The Labute approximate surface area is 81.7 Å². The highest BCUT2D eigenvalue weighted by molar-refractivity contribution is 5.78. The van der Waals surface area contributed by atoms with Crippen molar-refractivity contribution in [3.05, 3.63) is 0 Å². The highest BCUT2D eigenvalue weighted by Crippen LogP contribution is 2.01. The molecule has 0 radical (unpaired) electrons. The van der Waals surface area contributed by atoms with Crippen LogP contribution in [0.3, 0.4) is 0 Å². The van der Waals surface area contributed by atoms with Crippen LogP contribution in [0.4, 0.5) is 0 Å². The van der Waals surface area contributed by atoms with Gasteiger partial charge in [0.25, 0.3) is 0 Å². The number of hydrogen-bond acceptors (Lipinski definition) is 2. The third kappa shape index (κ3) is 18.4. The van der Waals surface area contributed by atoms with Crippen LogP contribution in [0.2, 0.25) is 0 Å². The second-order valence-corrected chi connectivity index (χ2v) is 3.55. The summed E-state index contributed by atoms with van der Waals surface area (Å²) < 4.78 is 0. The summed E-state index contributed by atoms with van der Waals surface area (Å²) >= 11 is 0. The molecule has 0 amide bonds. The third-order valence-electron chi connectivity index (χ3n) is 1.53. The largest absolute Gasteiger partial charge is 0.300 e. The molecule has 0 spiro atoms. The Morgan fingerprint density at radius 3 is 1.54 bits per heavy atom. The van der Waals surface area contributed by atoms with Gasteiger partial charge in [-0.05, 0) is 12.8 Å². The molecule has 0 aromatic heterocycles. The lowest BCUT2D eigenvalue weighted by atomic mass is 10.1. The molecule has 78 valence electrons. The van der Waals surface area contributed by atoms with E-state index in [4.69, 9.17) is 0 Å². The number of rotatable bonds is 4. The fourth-order valence-electron chi connectivity index (χ4n) is 0.600. The first-order valence-corrected chi connectivity index (χ1v) is 4.95. The van der Waals surface area contributed by atoms with Gasteiger partial charge in [-0.15, -0.1) is 0 Å². The monoisotopic (exact) mass is 186 g/mol. The summed E-state index contributed by atoms with van der Waals surface area (Å²) in [7, 11) is 0. The molecule has 0 unspecified atom stereocenters. The van der Waals surface area contributed by atoms with E-state index in [0.717, 1.165) is 6.42 Å². The van der Waals surface area contributed by atoms with Gasteiger partial charge in [0.15, 0.2) is 0 Å². The summed E-state index contributed by atoms with van der Waals surface area (Å²) in [6.45, 7) is 9.47. The maximum Gasteiger partial charge on any atom is 0.132 e. The summed E-state index contributed by atoms with van der Waals surface area (Å²) in [5, 5.41) is 0. The standard InChI is InChI=1S/C7H14O.C4H8O/c1-4-7(8)5-6(2)3;1-3-4(2)5/h6H,4-5H2,1-3H3;3H2,1-2H3. The number of Topliss-reactive ketones (excluding diaryl/α,β-unsaturated/α-hetero) is 2. The molecular formula is C11H22O2. The van der Waals surface area contributed by atoms with E-state index in [9.17, 15) is 9.59 Å². The minimum Gasteiger partial charge on any atom is -0.300 e. The molecule has 0 rings (SSSR count). The van der Waals surface area contributed by atoms with E-state index in [0.29, 0.717) is 24.5 Å². The van der Waals surface area contributed by atoms with Crippen LogP contribution in [0.15, 0.2) is 0 Å². The van der Waals surface area contributed by atoms with Crippen LogP contribution in [0.5, 0.6) is 0 Å². The normalized spacial score (nSPS) is 9.08. The Morgan fingerprint density at radius 2 is 1.46 bits per heavy atom. The molecule has 13 heavy (non-hydrogen) atoms. The fourth-order valence-corrected chi connectivity index (χ4v) is 0.600. The first kappa shape index (κ1) is 14.8.